The number of hydrogen-bond acceptors (Lipinski definition) is 4. The van der Waals surface area contributed by atoms with Crippen LogP contribution in [0.2, 0.25) is 5.02 Å². The number of aryl methyl sites for hydroxylation is 2. The van der Waals surface area contributed by atoms with Crippen molar-refractivity contribution in [1.29, 1.82) is 0 Å². The number of rotatable bonds is 4. The number of para-hydroxylation sites is 1. The molecular formula is C21H21ClN2O4. The van der Waals surface area contributed by atoms with Gasteiger partial charge >= 0.3 is 5.91 Å². The first-order chi connectivity index (χ1) is 13.3. The Bertz CT molecular complexity index is 1060. The third-order valence-electron chi connectivity index (χ3n) is 4.65. The maximum atomic E-state index is 12.4. The van der Waals surface area contributed by atoms with Gasteiger partial charge < -0.3 is 9.15 Å². The molecule has 2 N–H and O–H groups in total. The van der Waals surface area contributed by atoms with Crippen molar-refractivity contribution in [2.75, 3.05) is 0 Å². The van der Waals surface area contributed by atoms with E-state index in [1.807, 2.05) is 32.0 Å². The van der Waals surface area contributed by atoms with Gasteiger partial charge in [-0.1, -0.05) is 35.9 Å². The number of furan rings is 1. The first-order valence-electron chi connectivity index (χ1n) is 8.80. The van der Waals surface area contributed by atoms with Gasteiger partial charge in [0.1, 0.15) is 5.75 Å². The molecule has 1 unspecified atom stereocenters. The largest absolute Gasteiger partial charge is 0.481 e. The molecule has 0 saturated heterocycles. The Morgan fingerprint density at radius 3 is 2.46 bits per heavy atom. The van der Waals surface area contributed by atoms with Crippen LogP contribution in [0.25, 0.3) is 11.0 Å². The van der Waals surface area contributed by atoms with Crippen molar-refractivity contribution < 1.29 is 18.7 Å². The van der Waals surface area contributed by atoms with Crippen LogP contribution in [0.3, 0.4) is 0 Å². The summed E-state index contributed by atoms with van der Waals surface area (Å²) in [6.45, 7) is 7.25. The second kappa shape index (κ2) is 7.94. The number of carbonyl (C=O) groups excluding carboxylic acids is 2. The quantitative estimate of drug-likeness (QED) is 0.642. The molecule has 0 aliphatic carbocycles. The second-order valence-corrected chi connectivity index (χ2v) is 6.98. The van der Waals surface area contributed by atoms with Gasteiger partial charge in [-0.15, -0.1) is 0 Å². The van der Waals surface area contributed by atoms with Crippen molar-refractivity contribution in [1.82, 2.24) is 10.9 Å². The predicted molar refractivity (Wildman–Crippen MR) is 108 cm³/mol. The van der Waals surface area contributed by atoms with Crippen LogP contribution in [-0.4, -0.2) is 17.9 Å². The fourth-order valence-electron chi connectivity index (χ4n) is 2.80. The van der Waals surface area contributed by atoms with E-state index in [1.54, 1.807) is 32.0 Å². The topological polar surface area (TPSA) is 80.6 Å². The molecule has 1 heterocycles. The van der Waals surface area contributed by atoms with Crippen molar-refractivity contribution in [3.05, 3.63) is 63.9 Å². The van der Waals surface area contributed by atoms with E-state index < -0.39 is 17.9 Å². The van der Waals surface area contributed by atoms with E-state index in [9.17, 15) is 9.59 Å². The molecule has 28 heavy (non-hydrogen) atoms. The van der Waals surface area contributed by atoms with Crippen molar-refractivity contribution >= 4 is 34.4 Å². The molecule has 0 aliphatic rings. The number of hydrogen-bond donors (Lipinski definition) is 2. The molecule has 2 amide bonds. The third-order valence-corrected chi connectivity index (χ3v) is 4.95. The zero-order chi connectivity index (χ0) is 20.4. The van der Waals surface area contributed by atoms with Gasteiger partial charge in [0.25, 0.3) is 5.91 Å². The minimum atomic E-state index is -0.799. The molecule has 146 valence electrons. The number of carbonyl (C=O) groups is 2. The van der Waals surface area contributed by atoms with E-state index in [-0.39, 0.29) is 5.76 Å². The number of ether oxygens (including phenoxy) is 1. The maximum absolute atomic E-state index is 12.4. The maximum Gasteiger partial charge on any atom is 0.305 e. The van der Waals surface area contributed by atoms with Crippen LogP contribution >= 0.6 is 11.6 Å². The molecule has 1 aromatic heterocycles. The van der Waals surface area contributed by atoms with Crippen molar-refractivity contribution in [2.45, 2.75) is 33.8 Å². The van der Waals surface area contributed by atoms with Crippen LogP contribution in [0.5, 0.6) is 5.75 Å². The Kier molecular flexibility index (Phi) is 5.61. The number of hydrazine groups is 1. The SMILES string of the molecule is Cc1cccc(OC(C)C(=O)NNC(=O)c2oc3c(Cl)cccc3c2C)c1C. The van der Waals surface area contributed by atoms with E-state index in [1.165, 1.54) is 0 Å². The van der Waals surface area contributed by atoms with E-state index in [0.29, 0.717) is 21.9 Å². The third kappa shape index (κ3) is 3.82. The zero-order valence-corrected chi connectivity index (χ0v) is 16.8. The van der Waals surface area contributed by atoms with Crippen LogP contribution < -0.4 is 15.6 Å². The van der Waals surface area contributed by atoms with Gasteiger partial charge in [-0.25, -0.2) is 0 Å². The second-order valence-electron chi connectivity index (χ2n) is 6.57. The summed E-state index contributed by atoms with van der Waals surface area (Å²) in [4.78, 5) is 24.7. The molecule has 0 aliphatic heterocycles. The highest BCUT2D eigenvalue weighted by Crippen LogP contribution is 2.30. The van der Waals surface area contributed by atoms with Crippen LogP contribution in [0.1, 0.15) is 34.2 Å². The molecule has 0 radical (unpaired) electrons. The summed E-state index contributed by atoms with van der Waals surface area (Å²) in [5.74, 6) is -0.346. The first kappa shape index (κ1) is 19.8. The van der Waals surface area contributed by atoms with Crippen LogP contribution in [0.15, 0.2) is 40.8 Å². The minimum absolute atomic E-state index is 0.0894. The summed E-state index contributed by atoms with van der Waals surface area (Å²) in [5.41, 5.74) is 7.83. The van der Waals surface area contributed by atoms with Crippen molar-refractivity contribution in [3.63, 3.8) is 0 Å². The van der Waals surface area contributed by atoms with Gasteiger partial charge in [0, 0.05) is 10.9 Å². The van der Waals surface area contributed by atoms with Gasteiger partial charge in [-0.05, 0) is 51.0 Å². The molecular weight excluding hydrogens is 380 g/mol. The summed E-state index contributed by atoms with van der Waals surface area (Å²) in [6.07, 6.45) is -0.799. The lowest BCUT2D eigenvalue weighted by molar-refractivity contribution is -0.128. The highest BCUT2D eigenvalue weighted by atomic mass is 35.5. The highest BCUT2D eigenvalue weighted by molar-refractivity contribution is 6.35. The van der Waals surface area contributed by atoms with E-state index >= 15 is 0 Å². The Hall–Kier alpha value is -2.99. The smallest absolute Gasteiger partial charge is 0.305 e. The zero-order valence-electron chi connectivity index (χ0n) is 16.1. The Labute approximate surface area is 167 Å². The van der Waals surface area contributed by atoms with Crippen molar-refractivity contribution in [3.8, 4) is 5.75 Å². The molecule has 0 spiro atoms. The summed E-state index contributed by atoms with van der Waals surface area (Å²) in [7, 11) is 0. The molecule has 7 heteroatoms. The van der Waals surface area contributed by atoms with Crippen molar-refractivity contribution in [2.24, 2.45) is 0 Å². The van der Waals surface area contributed by atoms with Gasteiger partial charge in [-0.3, -0.25) is 20.4 Å². The first-order valence-corrected chi connectivity index (χ1v) is 9.18. The predicted octanol–water partition coefficient (Wildman–Crippen LogP) is 4.24. The number of amides is 2. The number of benzene rings is 2. The van der Waals surface area contributed by atoms with Crippen LogP contribution in [0.4, 0.5) is 0 Å². The molecule has 0 saturated carbocycles. The normalized spacial score (nSPS) is 11.9. The molecule has 1 atom stereocenters. The number of halogens is 1. The Morgan fingerprint density at radius 2 is 1.75 bits per heavy atom. The summed E-state index contributed by atoms with van der Waals surface area (Å²) >= 11 is 6.11. The number of fused-ring (bicyclic) bond motifs is 1. The molecule has 6 nitrogen and oxygen atoms in total. The monoisotopic (exact) mass is 400 g/mol. The van der Waals surface area contributed by atoms with Crippen LogP contribution in [0, 0.1) is 20.8 Å². The molecule has 2 aromatic carbocycles. The standard InChI is InChI=1S/C21H21ClN2O4/c1-11-7-5-10-17(12(11)2)27-14(4)20(25)23-24-21(26)18-13(3)15-8-6-9-16(22)19(15)28-18/h5-10,14H,1-4H3,(H,23,25)(H,24,26). The lowest BCUT2D eigenvalue weighted by atomic mass is 10.1. The fraction of sp³-hybridized carbons (Fsp3) is 0.238. The van der Waals surface area contributed by atoms with Gasteiger partial charge in [0.2, 0.25) is 0 Å². The number of nitrogens with one attached hydrogen (secondary N) is 2. The molecule has 3 aromatic rings. The molecule has 0 bridgehead atoms. The lowest BCUT2D eigenvalue weighted by Crippen LogP contribution is -2.47. The molecule has 0 fully saturated rings. The summed E-state index contributed by atoms with van der Waals surface area (Å²) in [6, 6.07) is 10.9. The Balaban J connectivity index is 1.66. The van der Waals surface area contributed by atoms with Gasteiger partial charge in [-0.2, -0.15) is 0 Å². The van der Waals surface area contributed by atoms with E-state index in [2.05, 4.69) is 10.9 Å². The van der Waals surface area contributed by atoms with Crippen LogP contribution in [-0.2, 0) is 4.79 Å². The highest BCUT2D eigenvalue weighted by Gasteiger charge is 2.21. The molecule has 3 rings (SSSR count). The fourth-order valence-corrected chi connectivity index (χ4v) is 3.01. The average molecular weight is 401 g/mol. The Morgan fingerprint density at radius 1 is 1.04 bits per heavy atom. The summed E-state index contributed by atoms with van der Waals surface area (Å²) in [5, 5.41) is 1.16. The van der Waals surface area contributed by atoms with E-state index in [4.69, 9.17) is 20.8 Å². The van der Waals surface area contributed by atoms with Gasteiger partial charge in [0.15, 0.2) is 17.4 Å². The minimum Gasteiger partial charge on any atom is -0.481 e. The summed E-state index contributed by atoms with van der Waals surface area (Å²) < 4.78 is 11.3. The average Bonchev–Trinajstić information content (AvgIpc) is 3.01. The lowest BCUT2D eigenvalue weighted by Gasteiger charge is -2.17. The van der Waals surface area contributed by atoms with Gasteiger partial charge in [0.05, 0.1) is 5.02 Å². The van der Waals surface area contributed by atoms with E-state index in [0.717, 1.165) is 16.5 Å².